The Labute approximate surface area is 122 Å². The molecule has 0 unspecified atom stereocenters. The topological polar surface area (TPSA) is 34.9 Å². The maximum atomic E-state index is 11.8. The first-order valence-corrected chi connectivity index (χ1v) is 7.45. The maximum absolute atomic E-state index is 11.8. The standard InChI is InChI=1S/C14H11BrN2OS/c1-9-5-13(18)17(16-7-9)8-11-6-10-3-2-4-12(15)14(10)19-11/h2-7H,8H2,1H3. The van der Waals surface area contributed by atoms with Gasteiger partial charge in [-0.2, -0.15) is 5.10 Å². The first kappa shape index (κ1) is 12.6. The van der Waals surface area contributed by atoms with Gasteiger partial charge in [-0.05, 0) is 45.9 Å². The Kier molecular flexibility index (Phi) is 3.24. The van der Waals surface area contributed by atoms with E-state index in [1.807, 2.05) is 19.1 Å². The number of nitrogens with zero attached hydrogens (tertiary/aromatic N) is 2. The van der Waals surface area contributed by atoms with E-state index in [-0.39, 0.29) is 5.56 Å². The molecule has 0 N–H and O–H groups in total. The first-order chi connectivity index (χ1) is 9.13. The molecule has 2 aromatic heterocycles. The molecular weight excluding hydrogens is 324 g/mol. The molecule has 3 rings (SSSR count). The van der Waals surface area contributed by atoms with Crippen molar-refractivity contribution in [2.75, 3.05) is 0 Å². The molecule has 2 heterocycles. The summed E-state index contributed by atoms with van der Waals surface area (Å²) in [4.78, 5) is 12.9. The lowest BCUT2D eigenvalue weighted by molar-refractivity contribution is 0.642. The Bertz CT molecular complexity index is 807. The van der Waals surface area contributed by atoms with Crippen molar-refractivity contribution < 1.29 is 0 Å². The normalized spacial score (nSPS) is 11.1. The molecule has 0 aliphatic carbocycles. The second-order valence-corrected chi connectivity index (χ2v) is 6.39. The van der Waals surface area contributed by atoms with E-state index in [1.54, 1.807) is 23.6 Å². The van der Waals surface area contributed by atoms with Gasteiger partial charge >= 0.3 is 0 Å². The van der Waals surface area contributed by atoms with Crippen LogP contribution in [0.4, 0.5) is 0 Å². The zero-order valence-electron chi connectivity index (χ0n) is 10.3. The lowest BCUT2D eigenvalue weighted by atomic mass is 10.2. The van der Waals surface area contributed by atoms with Gasteiger partial charge in [0.25, 0.3) is 5.56 Å². The monoisotopic (exact) mass is 334 g/mol. The molecule has 3 nitrogen and oxygen atoms in total. The number of aromatic nitrogens is 2. The van der Waals surface area contributed by atoms with E-state index < -0.39 is 0 Å². The molecule has 96 valence electrons. The van der Waals surface area contributed by atoms with Crippen LogP contribution in [0.1, 0.15) is 10.4 Å². The molecule has 1 aromatic carbocycles. The number of hydrogen-bond acceptors (Lipinski definition) is 3. The maximum Gasteiger partial charge on any atom is 0.267 e. The highest BCUT2D eigenvalue weighted by atomic mass is 79.9. The Morgan fingerprint density at radius 1 is 1.37 bits per heavy atom. The summed E-state index contributed by atoms with van der Waals surface area (Å²) in [5.74, 6) is 0. The summed E-state index contributed by atoms with van der Waals surface area (Å²) in [6, 6.07) is 9.83. The largest absolute Gasteiger partial charge is 0.268 e. The molecule has 0 spiro atoms. The fourth-order valence-electron chi connectivity index (χ4n) is 1.95. The van der Waals surface area contributed by atoms with Gasteiger partial charge in [0.2, 0.25) is 0 Å². The summed E-state index contributed by atoms with van der Waals surface area (Å²) >= 11 is 5.23. The lowest BCUT2D eigenvalue weighted by Crippen LogP contribution is -2.22. The van der Waals surface area contributed by atoms with Crippen LogP contribution in [0.25, 0.3) is 10.1 Å². The number of fused-ring (bicyclic) bond motifs is 1. The predicted molar refractivity (Wildman–Crippen MR) is 81.9 cm³/mol. The average molecular weight is 335 g/mol. The molecule has 3 aromatic rings. The van der Waals surface area contributed by atoms with Crippen LogP contribution in [0, 0.1) is 6.92 Å². The van der Waals surface area contributed by atoms with Gasteiger partial charge in [-0.15, -0.1) is 11.3 Å². The Hall–Kier alpha value is -1.46. The van der Waals surface area contributed by atoms with Gasteiger partial charge in [0.05, 0.1) is 12.7 Å². The van der Waals surface area contributed by atoms with Crippen LogP contribution < -0.4 is 5.56 Å². The molecule has 0 bridgehead atoms. The van der Waals surface area contributed by atoms with Crippen LogP contribution in [0.3, 0.4) is 0 Å². The minimum atomic E-state index is -0.0588. The van der Waals surface area contributed by atoms with Gasteiger partial charge in [-0.3, -0.25) is 4.79 Å². The smallest absolute Gasteiger partial charge is 0.267 e. The van der Waals surface area contributed by atoms with Crippen LogP contribution >= 0.6 is 27.3 Å². The second-order valence-electron chi connectivity index (χ2n) is 4.40. The molecule has 19 heavy (non-hydrogen) atoms. The van der Waals surface area contributed by atoms with Crippen molar-refractivity contribution in [2.24, 2.45) is 0 Å². The van der Waals surface area contributed by atoms with Crippen molar-refractivity contribution >= 4 is 37.4 Å². The summed E-state index contributed by atoms with van der Waals surface area (Å²) in [6.07, 6.45) is 1.71. The summed E-state index contributed by atoms with van der Waals surface area (Å²) < 4.78 is 3.79. The number of hydrogen-bond donors (Lipinski definition) is 0. The van der Waals surface area contributed by atoms with Crippen LogP contribution in [-0.2, 0) is 6.54 Å². The quantitative estimate of drug-likeness (QED) is 0.718. The van der Waals surface area contributed by atoms with E-state index in [0.29, 0.717) is 6.54 Å². The van der Waals surface area contributed by atoms with E-state index >= 15 is 0 Å². The van der Waals surface area contributed by atoms with Gasteiger partial charge < -0.3 is 0 Å². The third-order valence-electron chi connectivity index (χ3n) is 2.86. The fraction of sp³-hybridized carbons (Fsp3) is 0.143. The third-order valence-corrected chi connectivity index (χ3v) is 4.95. The van der Waals surface area contributed by atoms with Crippen molar-refractivity contribution in [1.82, 2.24) is 9.78 Å². The molecule has 5 heteroatoms. The van der Waals surface area contributed by atoms with Crippen molar-refractivity contribution in [3.63, 3.8) is 0 Å². The third kappa shape index (κ3) is 2.48. The van der Waals surface area contributed by atoms with Crippen LogP contribution in [0.15, 0.2) is 45.8 Å². The van der Waals surface area contributed by atoms with Crippen molar-refractivity contribution in [3.05, 3.63) is 61.8 Å². The summed E-state index contributed by atoms with van der Waals surface area (Å²) in [5, 5.41) is 5.35. The van der Waals surface area contributed by atoms with Gasteiger partial charge in [-0.1, -0.05) is 12.1 Å². The molecule has 0 aliphatic rings. The Morgan fingerprint density at radius 2 is 2.21 bits per heavy atom. The van der Waals surface area contributed by atoms with Crippen LogP contribution in [0.2, 0.25) is 0 Å². The summed E-state index contributed by atoms with van der Waals surface area (Å²) in [7, 11) is 0. The SMILES string of the molecule is Cc1cnn(Cc2cc3cccc(Br)c3s2)c(=O)c1. The van der Waals surface area contributed by atoms with Gasteiger partial charge in [0, 0.05) is 20.1 Å². The number of aryl methyl sites for hydroxylation is 1. The number of halogens is 1. The van der Waals surface area contributed by atoms with Crippen molar-refractivity contribution in [3.8, 4) is 0 Å². The highest BCUT2D eigenvalue weighted by molar-refractivity contribution is 9.10. The van der Waals surface area contributed by atoms with E-state index in [0.717, 1.165) is 14.9 Å². The minimum Gasteiger partial charge on any atom is -0.268 e. The van der Waals surface area contributed by atoms with Crippen molar-refractivity contribution in [1.29, 1.82) is 0 Å². The average Bonchev–Trinajstić information content (AvgIpc) is 2.77. The fourth-order valence-corrected chi connectivity index (χ4v) is 3.62. The second kappa shape index (κ2) is 4.90. The van der Waals surface area contributed by atoms with Gasteiger partial charge in [0.1, 0.15) is 0 Å². The summed E-state index contributed by atoms with van der Waals surface area (Å²) in [6.45, 7) is 2.39. The van der Waals surface area contributed by atoms with E-state index in [1.165, 1.54) is 14.8 Å². The predicted octanol–water partition coefficient (Wildman–Crippen LogP) is 3.58. The van der Waals surface area contributed by atoms with E-state index in [4.69, 9.17) is 0 Å². The highest BCUT2D eigenvalue weighted by Crippen LogP contribution is 2.32. The molecular formula is C14H11BrN2OS. The molecule has 0 radical (unpaired) electrons. The molecule has 0 saturated heterocycles. The molecule has 0 atom stereocenters. The van der Waals surface area contributed by atoms with Crippen molar-refractivity contribution in [2.45, 2.75) is 13.5 Å². The number of benzene rings is 1. The Balaban J connectivity index is 2.01. The zero-order valence-corrected chi connectivity index (χ0v) is 12.7. The number of thiophene rings is 1. The lowest BCUT2D eigenvalue weighted by Gasteiger charge is -2.01. The van der Waals surface area contributed by atoms with E-state index in [9.17, 15) is 4.79 Å². The van der Waals surface area contributed by atoms with Gasteiger partial charge in [-0.25, -0.2) is 4.68 Å². The molecule has 0 fully saturated rings. The summed E-state index contributed by atoms with van der Waals surface area (Å²) in [5.41, 5.74) is 0.830. The Morgan fingerprint density at radius 3 is 2.95 bits per heavy atom. The zero-order chi connectivity index (χ0) is 13.4. The molecule has 0 saturated carbocycles. The van der Waals surface area contributed by atoms with Gasteiger partial charge in [0.15, 0.2) is 0 Å². The van der Waals surface area contributed by atoms with E-state index in [2.05, 4.69) is 33.2 Å². The minimum absolute atomic E-state index is 0.0588. The van der Waals surface area contributed by atoms with Crippen LogP contribution in [-0.4, -0.2) is 9.78 Å². The molecule has 0 amide bonds. The van der Waals surface area contributed by atoms with Crippen LogP contribution in [0.5, 0.6) is 0 Å². The number of rotatable bonds is 2. The highest BCUT2D eigenvalue weighted by Gasteiger charge is 2.06. The first-order valence-electron chi connectivity index (χ1n) is 5.84. The molecule has 0 aliphatic heterocycles.